The molecule has 0 N–H and O–H groups in total. The van der Waals surface area contributed by atoms with Gasteiger partial charge in [0.2, 0.25) is 0 Å². The predicted octanol–water partition coefficient (Wildman–Crippen LogP) is 4.89. The number of benzene rings is 2. The molecule has 2 aromatic heterocycles. The maximum absolute atomic E-state index is 13.5. The number of thiophene rings is 1. The van der Waals surface area contributed by atoms with E-state index < -0.39 is 11.6 Å². The van der Waals surface area contributed by atoms with Gasteiger partial charge in [-0.05, 0) is 66.4 Å². The molecule has 36 heavy (non-hydrogen) atoms. The van der Waals surface area contributed by atoms with Crippen LogP contribution < -0.4 is 10.3 Å². The molecule has 1 atom stereocenters. The molecule has 0 saturated heterocycles. The molecule has 1 aliphatic heterocycles. The van der Waals surface area contributed by atoms with Crippen LogP contribution >= 0.6 is 11.3 Å². The Labute approximate surface area is 211 Å². The number of nitrogens with zero attached hydrogens (tertiary/aromatic N) is 4. The van der Waals surface area contributed by atoms with E-state index in [1.54, 1.807) is 18.2 Å². The van der Waals surface area contributed by atoms with Gasteiger partial charge in [-0.1, -0.05) is 18.2 Å². The molecular weight excluding hydrogens is 479 g/mol. The first-order valence-electron chi connectivity index (χ1n) is 11.5. The zero-order valence-corrected chi connectivity index (χ0v) is 20.3. The fourth-order valence-corrected chi connectivity index (χ4v) is 4.80. The highest BCUT2D eigenvalue weighted by Crippen LogP contribution is 2.34. The largest absolute Gasteiger partial charge is 0.494 e. The molecule has 1 aliphatic rings. The summed E-state index contributed by atoms with van der Waals surface area (Å²) in [7, 11) is 0. The third kappa shape index (κ3) is 4.96. The van der Waals surface area contributed by atoms with Crippen molar-refractivity contribution in [2.24, 2.45) is 5.10 Å². The molecule has 0 saturated carbocycles. The Kier molecular flexibility index (Phi) is 6.73. The highest BCUT2D eigenvalue weighted by Gasteiger charge is 2.33. The average Bonchev–Trinajstić information content (AvgIpc) is 3.57. The molecule has 1 unspecified atom stereocenters. The van der Waals surface area contributed by atoms with Crippen molar-refractivity contribution >= 4 is 23.0 Å². The normalized spacial score (nSPS) is 15.1. The van der Waals surface area contributed by atoms with Crippen molar-refractivity contribution in [2.45, 2.75) is 25.9 Å². The Bertz CT molecular complexity index is 1450. The van der Waals surface area contributed by atoms with E-state index >= 15 is 0 Å². The number of aromatic nitrogens is 2. The van der Waals surface area contributed by atoms with Crippen molar-refractivity contribution in [3.8, 4) is 17.0 Å². The van der Waals surface area contributed by atoms with Crippen LogP contribution in [0.5, 0.6) is 5.75 Å². The first kappa shape index (κ1) is 23.6. The van der Waals surface area contributed by atoms with E-state index in [1.165, 1.54) is 34.5 Å². The lowest BCUT2D eigenvalue weighted by Gasteiger charge is -2.22. The molecular formula is C27H23FN4O3S. The van der Waals surface area contributed by atoms with Gasteiger partial charge in [-0.15, -0.1) is 11.3 Å². The van der Waals surface area contributed by atoms with Crippen molar-refractivity contribution in [1.29, 1.82) is 0 Å². The molecule has 5 rings (SSSR count). The Hall–Kier alpha value is -4.11. The summed E-state index contributed by atoms with van der Waals surface area (Å²) < 4.78 is 20.2. The van der Waals surface area contributed by atoms with Gasteiger partial charge in [0.25, 0.3) is 11.5 Å². The molecule has 2 aromatic carbocycles. The molecule has 7 nitrogen and oxygen atoms in total. The Morgan fingerprint density at radius 1 is 1.08 bits per heavy atom. The van der Waals surface area contributed by atoms with Gasteiger partial charge in [-0.25, -0.2) is 14.1 Å². The zero-order valence-electron chi connectivity index (χ0n) is 19.5. The fourth-order valence-electron chi connectivity index (χ4n) is 4.08. The number of amides is 1. The summed E-state index contributed by atoms with van der Waals surface area (Å²) in [5, 5.41) is 12.4. The van der Waals surface area contributed by atoms with Crippen molar-refractivity contribution in [3.63, 3.8) is 0 Å². The van der Waals surface area contributed by atoms with Gasteiger partial charge in [0.15, 0.2) is 0 Å². The number of hydrogen-bond donors (Lipinski definition) is 0. The number of carbonyl (C=O) groups excluding carboxylic acids is 1. The second-order valence-corrected chi connectivity index (χ2v) is 9.15. The summed E-state index contributed by atoms with van der Waals surface area (Å²) in [5.41, 5.74) is 2.50. The van der Waals surface area contributed by atoms with E-state index in [0.29, 0.717) is 18.7 Å². The Balaban J connectivity index is 1.42. The minimum absolute atomic E-state index is 0.275. The molecule has 0 aliphatic carbocycles. The van der Waals surface area contributed by atoms with Gasteiger partial charge in [0.05, 0.1) is 28.9 Å². The monoisotopic (exact) mass is 502 g/mol. The van der Waals surface area contributed by atoms with Gasteiger partial charge in [0.1, 0.15) is 18.1 Å². The molecule has 0 spiro atoms. The van der Waals surface area contributed by atoms with Crippen LogP contribution in [-0.2, 0) is 11.3 Å². The van der Waals surface area contributed by atoms with Crippen LogP contribution in [-0.4, -0.2) is 33.0 Å². The topological polar surface area (TPSA) is 76.8 Å². The Morgan fingerprint density at radius 2 is 1.86 bits per heavy atom. The number of halogens is 1. The van der Waals surface area contributed by atoms with E-state index in [4.69, 9.17) is 4.74 Å². The van der Waals surface area contributed by atoms with Crippen LogP contribution in [0.2, 0.25) is 0 Å². The van der Waals surface area contributed by atoms with E-state index in [2.05, 4.69) is 10.2 Å². The van der Waals surface area contributed by atoms with Crippen molar-refractivity contribution in [1.82, 2.24) is 14.8 Å². The third-order valence-corrected chi connectivity index (χ3v) is 6.76. The minimum Gasteiger partial charge on any atom is -0.494 e. The fraction of sp³-hybridized carbons (Fsp3) is 0.185. The molecule has 0 radical (unpaired) electrons. The lowest BCUT2D eigenvalue weighted by molar-refractivity contribution is -0.133. The van der Waals surface area contributed by atoms with Gasteiger partial charge in [-0.3, -0.25) is 9.59 Å². The molecule has 1 amide bonds. The maximum atomic E-state index is 13.5. The summed E-state index contributed by atoms with van der Waals surface area (Å²) in [6.07, 6.45) is 0.492. The minimum atomic E-state index is -0.403. The van der Waals surface area contributed by atoms with Crippen molar-refractivity contribution in [3.05, 3.63) is 105 Å². The van der Waals surface area contributed by atoms with Crippen LogP contribution in [0.15, 0.2) is 88.1 Å². The van der Waals surface area contributed by atoms with E-state index in [9.17, 15) is 14.0 Å². The third-order valence-electron chi connectivity index (χ3n) is 5.84. The van der Waals surface area contributed by atoms with Crippen molar-refractivity contribution in [2.75, 3.05) is 6.61 Å². The maximum Gasteiger partial charge on any atom is 0.267 e. The number of hydrogen-bond acceptors (Lipinski definition) is 6. The number of carbonyl (C=O) groups is 1. The molecule has 3 heterocycles. The van der Waals surface area contributed by atoms with Crippen LogP contribution in [0, 0.1) is 5.82 Å². The summed E-state index contributed by atoms with van der Waals surface area (Å²) >= 11 is 1.54. The summed E-state index contributed by atoms with van der Waals surface area (Å²) in [6.45, 7) is 2.20. The highest BCUT2D eigenvalue weighted by molar-refractivity contribution is 7.12. The number of hydrazone groups is 1. The van der Waals surface area contributed by atoms with Gasteiger partial charge >= 0.3 is 0 Å². The highest BCUT2D eigenvalue weighted by atomic mass is 32.1. The van der Waals surface area contributed by atoms with Crippen LogP contribution in [0.4, 0.5) is 4.39 Å². The van der Waals surface area contributed by atoms with Crippen LogP contribution in [0.3, 0.4) is 0 Å². The molecule has 0 bridgehead atoms. The number of rotatable bonds is 7. The van der Waals surface area contributed by atoms with Crippen LogP contribution in [0.1, 0.15) is 29.8 Å². The predicted molar refractivity (Wildman–Crippen MR) is 137 cm³/mol. The Morgan fingerprint density at radius 3 is 2.56 bits per heavy atom. The quantitative estimate of drug-likeness (QED) is 0.361. The average molecular weight is 503 g/mol. The smallest absolute Gasteiger partial charge is 0.267 e. The lowest BCUT2D eigenvalue weighted by Crippen LogP contribution is -2.34. The zero-order chi connectivity index (χ0) is 25.1. The van der Waals surface area contributed by atoms with Gasteiger partial charge < -0.3 is 4.74 Å². The summed E-state index contributed by atoms with van der Waals surface area (Å²) in [4.78, 5) is 27.0. The second-order valence-electron chi connectivity index (χ2n) is 8.21. The molecule has 9 heteroatoms. The van der Waals surface area contributed by atoms with Crippen LogP contribution in [0.25, 0.3) is 11.3 Å². The first-order chi connectivity index (χ1) is 17.5. The first-order valence-corrected chi connectivity index (χ1v) is 12.4. The van der Waals surface area contributed by atoms with Crippen molar-refractivity contribution < 1.29 is 13.9 Å². The standard InChI is InChI=1S/C27H23FN4O3S/c1-2-35-21-11-7-18(8-12-21)22-13-14-26(33)31(29-22)17-27(34)32-24(19-5-9-20(28)10-6-19)16-23(30-32)25-4-3-15-36-25/h3-15,24H,2,16-17H2,1H3. The SMILES string of the molecule is CCOc1ccc(-c2ccc(=O)n(CC(=O)N3N=C(c4cccs4)CC3c3ccc(F)cc3)n2)cc1. The molecule has 182 valence electrons. The van der Waals surface area contributed by atoms with E-state index in [-0.39, 0.29) is 18.3 Å². The van der Waals surface area contributed by atoms with E-state index in [1.807, 2.05) is 48.7 Å². The van der Waals surface area contributed by atoms with Gasteiger partial charge in [-0.2, -0.15) is 10.2 Å². The summed E-state index contributed by atoms with van der Waals surface area (Å²) in [5.74, 6) is 0.00947. The summed E-state index contributed by atoms with van der Waals surface area (Å²) in [6, 6.07) is 19.9. The number of ether oxygens (including phenoxy) is 1. The molecule has 0 fully saturated rings. The van der Waals surface area contributed by atoms with E-state index in [0.717, 1.165) is 32.1 Å². The second kappa shape index (κ2) is 10.2. The lowest BCUT2D eigenvalue weighted by atomic mass is 10.0. The molecule has 4 aromatic rings. The van der Waals surface area contributed by atoms with Gasteiger partial charge in [0, 0.05) is 18.1 Å².